The van der Waals surface area contributed by atoms with Gasteiger partial charge < -0.3 is 9.47 Å². The maximum absolute atomic E-state index is 12.0. The number of carbonyl (C=O) groups is 2. The van der Waals surface area contributed by atoms with Crippen molar-refractivity contribution in [1.82, 2.24) is 0 Å². The minimum Gasteiger partial charge on any atom is -0.457 e. The summed E-state index contributed by atoms with van der Waals surface area (Å²) < 4.78 is 10.9. The van der Waals surface area contributed by atoms with Gasteiger partial charge in [-0.25, -0.2) is 9.59 Å². The van der Waals surface area contributed by atoms with Gasteiger partial charge in [0.2, 0.25) is 0 Å². The van der Waals surface area contributed by atoms with Gasteiger partial charge in [-0.1, -0.05) is 26.0 Å². The normalized spacial score (nSPS) is 14.4. The van der Waals surface area contributed by atoms with Crippen LogP contribution in [0.3, 0.4) is 0 Å². The second kappa shape index (κ2) is 12.6. The smallest absolute Gasteiger partial charge is 0.331 e. The van der Waals surface area contributed by atoms with Crippen LogP contribution < -0.4 is 0 Å². The van der Waals surface area contributed by atoms with Crippen molar-refractivity contribution in [3.63, 3.8) is 0 Å². The Morgan fingerprint density at radius 3 is 1.39 bits per heavy atom. The second-order valence-electron chi connectivity index (χ2n) is 8.91. The molecule has 0 aliphatic heterocycles. The average molecular weight is 393 g/mol. The number of hydrogen-bond donors (Lipinski definition) is 0. The Morgan fingerprint density at radius 1 is 0.786 bits per heavy atom. The Bertz CT molecular complexity index is 495. The molecule has 0 saturated heterocycles. The van der Waals surface area contributed by atoms with Crippen LogP contribution in [0.2, 0.25) is 0 Å². The van der Waals surface area contributed by atoms with Crippen molar-refractivity contribution in [3.8, 4) is 0 Å². The predicted octanol–water partition coefficient (Wildman–Crippen LogP) is 6.17. The first-order chi connectivity index (χ1) is 12.9. The third kappa shape index (κ3) is 13.3. The third-order valence-corrected chi connectivity index (χ3v) is 4.79. The second-order valence-corrected chi connectivity index (χ2v) is 8.91. The lowest BCUT2D eigenvalue weighted by molar-refractivity contribution is -0.153. The van der Waals surface area contributed by atoms with Crippen molar-refractivity contribution in [2.24, 2.45) is 11.8 Å². The van der Waals surface area contributed by atoms with E-state index in [2.05, 4.69) is 27.0 Å². The Balaban J connectivity index is 4.38. The van der Waals surface area contributed by atoms with E-state index in [9.17, 15) is 9.59 Å². The fourth-order valence-electron chi connectivity index (χ4n) is 2.79. The zero-order chi connectivity index (χ0) is 21.8. The summed E-state index contributed by atoms with van der Waals surface area (Å²) in [6.45, 7) is 19.3. The van der Waals surface area contributed by atoms with Crippen LogP contribution in [0.1, 0.15) is 80.1 Å². The van der Waals surface area contributed by atoms with E-state index in [1.807, 2.05) is 39.8 Å². The lowest BCUT2D eigenvalue weighted by Crippen LogP contribution is -2.28. The van der Waals surface area contributed by atoms with Crippen LogP contribution in [0, 0.1) is 11.8 Å². The van der Waals surface area contributed by atoms with E-state index in [1.165, 1.54) is 0 Å². The molecule has 28 heavy (non-hydrogen) atoms. The fraction of sp³-hybridized carbons (Fsp3) is 0.667. The highest BCUT2D eigenvalue weighted by Crippen LogP contribution is 2.22. The minimum absolute atomic E-state index is 0.449. The van der Waals surface area contributed by atoms with Crippen LogP contribution in [0.5, 0.6) is 0 Å². The lowest BCUT2D eigenvalue weighted by atomic mass is 9.96. The average Bonchev–Trinajstić information content (AvgIpc) is 2.58. The molecule has 0 aromatic heterocycles. The molecule has 2 atom stereocenters. The van der Waals surface area contributed by atoms with Gasteiger partial charge in [-0.2, -0.15) is 0 Å². The fourth-order valence-corrected chi connectivity index (χ4v) is 2.79. The van der Waals surface area contributed by atoms with E-state index in [4.69, 9.17) is 9.47 Å². The zero-order valence-electron chi connectivity index (χ0n) is 18.8. The van der Waals surface area contributed by atoms with Gasteiger partial charge in [0.1, 0.15) is 11.2 Å². The Morgan fingerprint density at radius 2 is 1.11 bits per heavy atom. The summed E-state index contributed by atoms with van der Waals surface area (Å²) in [5, 5.41) is 0. The van der Waals surface area contributed by atoms with Crippen molar-refractivity contribution in [1.29, 1.82) is 0 Å². The van der Waals surface area contributed by atoms with Crippen LogP contribution in [0.15, 0.2) is 37.5 Å². The van der Waals surface area contributed by atoms with E-state index in [1.54, 1.807) is 0 Å². The van der Waals surface area contributed by atoms with Gasteiger partial charge in [-0.05, 0) is 78.1 Å². The van der Waals surface area contributed by atoms with E-state index in [0.29, 0.717) is 11.8 Å². The van der Waals surface area contributed by atoms with Crippen molar-refractivity contribution >= 4 is 11.9 Å². The standard InChI is InChI=1S/C24H40O4/c1-9-19(3)13-11-17-23(5,6)27-21(25)15-16-22(26)28-24(7,8)18-12-14-20(4)10-2/h9-10,15-16,19-20H,1-2,11-14,17-18H2,3-8H3/b16-15-. The molecule has 0 saturated carbocycles. The third-order valence-electron chi connectivity index (χ3n) is 4.79. The Kier molecular flexibility index (Phi) is 11.8. The van der Waals surface area contributed by atoms with Gasteiger partial charge in [0, 0.05) is 12.2 Å². The van der Waals surface area contributed by atoms with E-state index < -0.39 is 23.1 Å². The molecule has 0 N–H and O–H groups in total. The summed E-state index contributed by atoms with van der Waals surface area (Å²) >= 11 is 0. The van der Waals surface area contributed by atoms with Gasteiger partial charge in [-0.3, -0.25) is 0 Å². The molecular formula is C24H40O4. The van der Waals surface area contributed by atoms with Crippen molar-refractivity contribution < 1.29 is 19.1 Å². The maximum Gasteiger partial charge on any atom is 0.331 e. The number of carbonyl (C=O) groups excluding carboxylic acids is 2. The summed E-state index contributed by atoms with van der Waals surface area (Å²) in [7, 11) is 0. The molecule has 160 valence electrons. The molecular weight excluding hydrogens is 352 g/mol. The molecule has 2 unspecified atom stereocenters. The SMILES string of the molecule is C=CC(C)CCCC(C)(C)OC(=O)/C=C\C(=O)OC(C)(C)CCCC(C)C=C. The highest BCUT2D eigenvalue weighted by Gasteiger charge is 2.23. The van der Waals surface area contributed by atoms with Crippen LogP contribution in [-0.2, 0) is 19.1 Å². The predicted molar refractivity (Wildman–Crippen MR) is 116 cm³/mol. The number of hydrogen-bond acceptors (Lipinski definition) is 4. The monoisotopic (exact) mass is 392 g/mol. The Hall–Kier alpha value is -1.84. The molecule has 0 heterocycles. The Labute approximate surface area is 172 Å². The molecule has 4 heteroatoms. The highest BCUT2D eigenvalue weighted by molar-refractivity contribution is 5.91. The van der Waals surface area contributed by atoms with Crippen molar-refractivity contribution in [3.05, 3.63) is 37.5 Å². The molecule has 0 aromatic carbocycles. The molecule has 4 nitrogen and oxygen atoms in total. The number of allylic oxidation sites excluding steroid dienone is 2. The van der Waals surface area contributed by atoms with Crippen LogP contribution in [0.4, 0.5) is 0 Å². The van der Waals surface area contributed by atoms with Crippen LogP contribution >= 0.6 is 0 Å². The molecule has 0 aliphatic rings. The molecule has 0 amide bonds. The first-order valence-corrected chi connectivity index (χ1v) is 10.3. The van der Waals surface area contributed by atoms with Crippen LogP contribution in [0.25, 0.3) is 0 Å². The highest BCUT2D eigenvalue weighted by atomic mass is 16.6. The number of esters is 2. The van der Waals surface area contributed by atoms with Crippen molar-refractivity contribution in [2.45, 2.75) is 91.3 Å². The number of ether oxygens (including phenoxy) is 2. The van der Waals surface area contributed by atoms with Gasteiger partial charge in [0.25, 0.3) is 0 Å². The van der Waals surface area contributed by atoms with Gasteiger partial charge in [0.15, 0.2) is 0 Å². The van der Waals surface area contributed by atoms with Crippen molar-refractivity contribution in [2.75, 3.05) is 0 Å². The first kappa shape index (κ1) is 26.2. The summed E-state index contributed by atoms with van der Waals surface area (Å²) in [6, 6.07) is 0. The lowest BCUT2D eigenvalue weighted by Gasteiger charge is -2.25. The van der Waals surface area contributed by atoms with Crippen LogP contribution in [-0.4, -0.2) is 23.1 Å². The molecule has 0 fully saturated rings. The molecule has 0 aromatic rings. The zero-order valence-corrected chi connectivity index (χ0v) is 18.8. The van der Waals surface area contributed by atoms with Gasteiger partial charge in [0.05, 0.1) is 0 Å². The molecule has 0 bridgehead atoms. The number of rotatable bonds is 14. The quantitative estimate of drug-likeness (QED) is 0.201. The van der Waals surface area contributed by atoms with E-state index in [0.717, 1.165) is 50.7 Å². The topological polar surface area (TPSA) is 52.6 Å². The molecule has 0 spiro atoms. The maximum atomic E-state index is 12.0. The first-order valence-electron chi connectivity index (χ1n) is 10.3. The summed E-state index contributed by atoms with van der Waals surface area (Å²) in [5.74, 6) is -0.165. The summed E-state index contributed by atoms with van der Waals surface area (Å²) in [5.41, 5.74) is -1.15. The molecule has 0 rings (SSSR count). The van der Waals surface area contributed by atoms with Gasteiger partial charge in [-0.15, -0.1) is 13.2 Å². The largest absolute Gasteiger partial charge is 0.457 e. The minimum atomic E-state index is -0.576. The van der Waals surface area contributed by atoms with E-state index in [-0.39, 0.29) is 0 Å². The summed E-state index contributed by atoms with van der Waals surface area (Å²) in [4.78, 5) is 24.0. The summed E-state index contributed by atoms with van der Waals surface area (Å²) in [6.07, 6.45) is 11.6. The van der Waals surface area contributed by atoms with Gasteiger partial charge >= 0.3 is 11.9 Å². The van der Waals surface area contributed by atoms with E-state index >= 15 is 0 Å². The molecule has 0 aliphatic carbocycles. The molecule has 0 radical (unpaired) electrons.